The van der Waals surface area contributed by atoms with Gasteiger partial charge >= 0.3 is 6.09 Å². The molecule has 0 aliphatic carbocycles. The van der Waals surface area contributed by atoms with Crippen molar-refractivity contribution in [1.82, 2.24) is 9.88 Å². The zero-order valence-corrected chi connectivity index (χ0v) is 17.8. The third kappa shape index (κ3) is 5.62. The van der Waals surface area contributed by atoms with Crippen molar-refractivity contribution >= 4 is 23.5 Å². The van der Waals surface area contributed by atoms with E-state index in [-0.39, 0.29) is 12.0 Å². The number of benzene rings is 1. The summed E-state index contributed by atoms with van der Waals surface area (Å²) in [5.74, 6) is 1.30. The molecule has 1 aromatic carbocycles. The molecule has 1 aliphatic heterocycles. The zero-order chi connectivity index (χ0) is 21.7. The van der Waals surface area contributed by atoms with Crippen LogP contribution in [0.2, 0.25) is 0 Å². The van der Waals surface area contributed by atoms with E-state index in [1.165, 1.54) is 0 Å². The van der Waals surface area contributed by atoms with Crippen molar-refractivity contribution in [3.05, 3.63) is 48.2 Å². The van der Waals surface area contributed by atoms with Gasteiger partial charge in [-0.2, -0.15) is 0 Å². The number of amides is 2. The lowest BCUT2D eigenvalue weighted by Gasteiger charge is -2.36. The number of pyridine rings is 1. The highest BCUT2D eigenvalue weighted by molar-refractivity contribution is 6.04. The lowest BCUT2D eigenvalue weighted by molar-refractivity contribution is 0.0240. The molecule has 0 unspecified atom stereocenters. The van der Waals surface area contributed by atoms with Crippen LogP contribution in [0, 0.1) is 0 Å². The molecule has 1 N–H and O–H groups in total. The van der Waals surface area contributed by atoms with E-state index in [2.05, 4.69) is 15.2 Å². The number of nitrogens with zero attached hydrogens (tertiary/aromatic N) is 3. The van der Waals surface area contributed by atoms with E-state index >= 15 is 0 Å². The lowest BCUT2D eigenvalue weighted by atomic mass is 10.2. The Balaban J connectivity index is 1.53. The number of methoxy groups -OCH3 is 1. The fraction of sp³-hybridized carbons (Fsp3) is 0.409. The molecule has 2 heterocycles. The molecule has 8 heteroatoms. The SMILES string of the molecule is COc1ccc(C(=O)Nc2ccc(N3CCN(C(=O)OC(C)(C)C)CC3)nc2)cc1. The fourth-order valence-electron chi connectivity index (χ4n) is 3.04. The quantitative estimate of drug-likeness (QED) is 0.829. The highest BCUT2D eigenvalue weighted by atomic mass is 16.6. The number of hydrogen-bond acceptors (Lipinski definition) is 6. The molecule has 2 amide bonds. The summed E-state index contributed by atoms with van der Waals surface area (Å²) in [6.07, 6.45) is 1.35. The minimum Gasteiger partial charge on any atom is -0.497 e. The minimum absolute atomic E-state index is 0.210. The molecule has 0 atom stereocenters. The average Bonchev–Trinajstić information content (AvgIpc) is 2.73. The van der Waals surface area contributed by atoms with Crippen LogP contribution in [0.5, 0.6) is 5.75 Å². The van der Waals surface area contributed by atoms with Crippen molar-refractivity contribution in [3.63, 3.8) is 0 Å². The van der Waals surface area contributed by atoms with Gasteiger partial charge in [-0.15, -0.1) is 0 Å². The molecule has 0 spiro atoms. The first-order valence-corrected chi connectivity index (χ1v) is 9.89. The summed E-state index contributed by atoms with van der Waals surface area (Å²) >= 11 is 0. The van der Waals surface area contributed by atoms with Gasteiger partial charge in [-0.1, -0.05) is 0 Å². The molecule has 0 bridgehead atoms. The van der Waals surface area contributed by atoms with E-state index in [1.807, 2.05) is 32.9 Å². The first-order valence-electron chi connectivity index (χ1n) is 9.89. The number of hydrogen-bond donors (Lipinski definition) is 1. The van der Waals surface area contributed by atoms with Gasteiger partial charge in [-0.05, 0) is 57.2 Å². The van der Waals surface area contributed by atoms with Gasteiger partial charge in [0.1, 0.15) is 17.2 Å². The summed E-state index contributed by atoms with van der Waals surface area (Å²) in [6.45, 7) is 8.08. The Hall–Kier alpha value is -3.29. The van der Waals surface area contributed by atoms with E-state index in [0.717, 1.165) is 5.82 Å². The van der Waals surface area contributed by atoms with Gasteiger partial charge in [0.15, 0.2) is 0 Å². The van der Waals surface area contributed by atoms with Crippen LogP contribution in [0.4, 0.5) is 16.3 Å². The van der Waals surface area contributed by atoms with Gasteiger partial charge in [0.2, 0.25) is 0 Å². The summed E-state index contributed by atoms with van der Waals surface area (Å²) in [4.78, 5) is 32.8. The van der Waals surface area contributed by atoms with Crippen LogP contribution in [-0.4, -0.2) is 60.8 Å². The molecule has 0 saturated carbocycles. The molecule has 1 aromatic heterocycles. The van der Waals surface area contributed by atoms with Crippen molar-refractivity contribution in [2.24, 2.45) is 0 Å². The average molecular weight is 412 g/mol. The standard InChI is InChI=1S/C22H28N4O4/c1-22(2,3)30-21(28)26-13-11-25(12-14-26)19-10-7-17(15-23-19)24-20(27)16-5-8-18(29-4)9-6-16/h5-10,15H,11-14H2,1-4H3,(H,24,27). The van der Waals surface area contributed by atoms with Crippen molar-refractivity contribution in [2.75, 3.05) is 43.5 Å². The maximum absolute atomic E-state index is 12.4. The zero-order valence-electron chi connectivity index (χ0n) is 17.8. The molecule has 160 valence electrons. The van der Waals surface area contributed by atoms with E-state index < -0.39 is 5.60 Å². The van der Waals surface area contributed by atoms with Crippen LogP contribution in [0.15, 0.2) is 42.6 Å². The van der Waals surface area contributed by atoms with Crippen molar-refractivity contribution in [2.45, 2.75) is 26.4 Å². The van der Waals surface area contributed by atoms with Crippen molar-refractivity contribution in [1.29, 1.82) is 0 Å². The number of nitrogens with one attached hydrogen (secondary N) is 1. The van der Waals surface area contributed by atoms with E-state index in [4.69, 9.17) is 9.47 Å². The second-order valence-electron chi connectivity index (χ2n) is 8.04. The van der Waals surface area contributed by atoms with Crippen LogP contribution >= 0.6 is 0 Å². The molecule has 3 rings (SSSR count). The van der Waals surface area contributed by atoms with E-state index in [1.54, 1.807) is 42.5 Å². The normalized spacial score (nSPS) is 14.3. The predicted molar refractivity (Wildman–Crippen MR) is 115 cm³/mol. The molecule has 8 nitrogen and oxygen atoms in total. The number of aromatic nitrogens is 1. The summed E-state index contributed by atoms with van der Waals surface area (Å²) in [5, 5.41) is 2.84. The Kier molecular flexibility index (Phi) is 6.44. The number of piperazine rings is 1. The van der Waals surface area contributed by atoms with E-state index in [9.17, 15) is 9.59 Å². The Morgan fingerprint density at radius 1 is 1.00 bits per heavy atom. The maximum atomic E-state index is 12.4. The Morgan fingerprint density at radius 3 is 2.20 bits per heavy atom. The second kappa shape index (κ2) is 9.02. The summed E-state index contributed by atoms with van der Waals surface area (Å²) in [6, 6.07) is 10.6. The maximum Gasteiger partial charge on any atom is 0.410 e. The molecule has 30 heavy (non-hydrogen) atoms. The van der Waals surface area contributed by atoms with Crippen LogP contribution in [0.1, 0.15) is 31.1 Å². The Morgan fingerprint density at radius 2 is 1.67 bits per heavy atom. The summed E-state index contributed by atoms with van der Waals surface area (Å²) in [7, 11) is 1.58. The molecule has 1 saturated heterocycles. The number of anilines is 2. The molecule has 1 fully saturated rings. The smallest absolute Gasteiger partial charge is 0.410 e. The molecular formula is C22H28N4O4. The second-order valence-corrected chi connectivity index (χ2v) is 8.04. The van der Waals surface area contributed by atoms with Gasteiger partial charge in [-0.25, -0.2) is 9.78 Å². The Labute approximate surface area is 176 Å². The Bertz CT molecular complexity index is 868. The third-order valence-electron chi connectivity index (χ3n) is 4.61. The number of rotatable bonds is 4. The van der Waals surface area contributed by atoms with Crippen LogP contribution in [0.3, 0.4) is 0 Å². The van der Waals surface area contributed by atoms with Crippen LogP contribution < -0.4 is 15.0 Å². The van der Waals surface area contributed by atoms with Gasteiger partial charge in [0.25, 0.3) is 5.91 Å². The number of carbonyl (C=O) groups excluding carboxylic acids is 2. The van der Waals surface area contributed by atoms with Gasteiger partial charge in [0.05, 0.1) is 19.0 Å². The number of carbonyl (C=O) groups is 2. The summed E-state index contributed by atoms with van der Waals surface area (Å²) < 4.78 is 10.5. The molecular weight excluding hydrogens is 384 g/mol. The van der Waals surface area contributed by atoms with Crippen LogP contribution in [-0.2, 0) is 4.74 Å². The van der Waals surface area contributed by atoms with Crippen LogP contribution in [0.25, 0.3) is 0 Å². The molecule has 1 aliphatic rings. The minimum atomic E-state index is -0.498. The van der Waals surface area contributed by atoms with Crippen molar-refractivity contribution < 1.29 is 19.1 Å². The van der Waals surface area contributed by atoms with Gasteiger partial charge in [-0.3, -0.25) is 4.79 Å². The first-order chi connectivity index (χ1) is 14.2. The monoisotopic (exact) mass is 412 g/mol. The van der Waals surface area contributed by atoms with Crippen molar-refractivity contribution in [3.8, 4) is 5.75 Å². The molecule has 0 radical (unpaired) electrons. The fourth-order valence-corrected chi connectivity index (χ4v) is 3.04. The summed E-state index contributed by atoms with van der Waals surface area (Å²) in [5.41, 5.74) is 0.659. The predicted octanol–water partition coefficient (Wildman–Crippen LogP) is 3.40. The highest BCUT2D eigenvalue weighted by Crippen LogP contribution is 2.19. The van der Waals surface area contributed by atoms with Gasteiger partial charge in [0, 0.05) is 31.7 Å². The highest BCUT2D eigenvalue weighted by Gasteiger charge is 2.26. The van der Waals surface area contributed by atoms with Gasteiger partial charge < -0.3 is 24.6 Å². The largest absolute Gasteiger partial charge is 0.497 e. The van der Waals surface area contributed by atoms with E-state index in [0.29, 0.717) is 43.2 Å². The number of ether oxygens (including phenoxy) is 2. The first kappa shape index (κ1) is 21.4. The third-order valence-corrected chi connectivity index (χ3v) is 4.61. The molecule has 2 aromatic rings. The topological polar surface area (TPSA) is 84.0 Å². The lowest BCUT2D eigenvalue weighted by Crippen LogP contribution is -2.50.